The van der Waals surface area contributed by atoms with Crippen LogP contribution in [0.5, 0.6) is 0 Å². The summed E-state index contributed by atoms with van der Waals surface area (Å²) in [7, 11) is 1.33. The number of rotatable bonds is 6. The van der Waals surface area contributed by atoms with E-state index < -0.39 is 17.9 Å². The van der Waals surface area contributed by atoms with E-state index in [0.29, 0.717) is 34.7 Å². The second-order valence-corrected chi connectivity index (χ2v) is 7.94. The lowest BCUT2D eigenvalue weighted by atomic mass is 9.83. The van der Waals surface area contributed by atoms with Crippen LogP contribution >= 0.6 is 0 Å². The molecule has 2 aliphatic heterocycles. The van der Waals surface area contributed by atoms with Crippen LogP contribution in [-0.2, 0) is 25.6 Å². The molecule has 0 saturated heterocycles. The van der Waals surface area contributed by atoms with Gasteiger partial charge in [-0.2, -0.15) is 0 Å². The van der Waals surface area contributed by atoms with Gasteiger partial charge in [-0.1, -0.05) is 30.3 Å². The molecule has 1 aromatic carbocycles. The molecule has 0 bridgehead atoms. The zero-order valence-electron chi connectivity index (χ0n) is 18.5. The molecule has 166 valence electrons. The average Bonchev–Trinajstić information content (AvgIpc) is 3.21. The van der Waals surface area contributed by atoms with Crippen molar-refractivity contribution in [1.82, 2.24) is 15.6 Å². The molecule has 2 unspecified atom stereocenters. The highest BCUT2D eigenvalue weighted by Crippen LogP contribution is 2.38. The summed E-state index contributed by atoms with van der Waals surface area (Å²) in [6, 6.07) is 13.8. The van der Waals surface area contributed by atoms with Gasteiger partial charge in [0.05, 0.1) is 36.5 Å². The highest BCUT2D eigenvalue weighted by Gasteiger charge is 2.38. The Bertz CT molecular complexity index is 1090. The maximum absolute atomic E-state index is 13.2. The molecular weight excluding hydrogens is 406 g/mol. The number of nitrogens with one attached hydrogen (secondary N) is 2. The highest BCUT2D eigenvalue weighted by atomic mass is 16.5. The van der Waals surface area contributed by atoms with Crippen LogP contribution in [0.2, 0.25) is 0 Å². The number of ether oxygens (including phenoxy) is 2. The van der Waals surface area contributed by atoms with Gasteiger partial charge in [0.2, 0.25) is 0 Å². The Morgan fingerprint density at radius 2 is 1.75 bits per heavy atom. The Morgan fingerprint density at radius 1 is 1.03 bits per heavy atom. The van der Waals surface area contributed by atoms with Gasteiger partial charge in [0.25, 0.3) is 0 Å². The Morgan fingerprint density at radius 3 is 2.47 bits per heavy atom. The number of aromatic nitrogens is 1. The summed E-state index contributed by atoms with van der Waals surface area (Å²) >= 11 is 0. The van der Waals surface area contributed by atoms with Crippen molar-refractivity contribution in [3.05, 3.63) is 88.0 Å². The standard InChI is InChI=1S/C25H27N3O4/c1-15-21(24(29)31-3)23(20-10-6-7-12-26-20)22(16(2)28-15)25(30)32-13-11-19-18-9-5-4-8-17(18)14-27-19/h4-10,12,19,23,27-28H,11,13-14H2,1-3H3. The number of methoxy groups -OCH3 is 1. The third kappa shape index (κ3) is 4.16. The molecule has 0 fully saturated rings. The lowest BCUT2D eigenvalue weighted by Gasteiger charge is -2.29. The number of pyridine rings is 1. The first-order valence-corrected chi connectivity index (χ1v) is 10.7. The molecule has 3 heterocycles. The topological polar surface area (TPSA) is 89.5 Å². The maximum atomic E-state index is 13.2. The van der Waals surface area contributed by atoms with Crippen LogP contribution in [0, 0.1) is 0 Å². The van der Waals surface area contributed by atoms with E-state index in [1.165, 1.54) is 18.2 Å². The van der Waals surface area contributed by atoms with Crippen molar-refractivity contribution >= 4 is 11.9 Å². The number of hydrogen-bond acceptors (Lipinski definition) is 7. The molecule has 0 spiro atoms. The first-order chi connectivity index (χ1) is 15.5. The number of nitrogens with zero attached hydrogens (tertiary/aromatic N) is 1. The molecular formula is C25H27N3O4. The Balaban J connectivity index is 1.54. The van der Waals surface area contributed by atoms with Crippen molar-refractivity contribution in [2.75, 3.05) is 13.7 Å². The number of hydrogen-bond donors (Lipinski definition) is 2. The van der Waals surface area contributed by atoms with E-state index in [2.05, 4.69) is 27.8 Å². The summed E-state index contributed by atoms with van der Waals surface area (Å²) in [6.07, 6.45) is 2.30. The molecule has 0 aliphatic carbocycles. The van der Waals surface area contributed by atoms with Crippen molar-refractivity contribution in [2.45, 2.75) is 38.8 Å². The van der Waals surface area contributed by atoms with Crippen LogP contribution < -0.4 is 10.6 Å². The van der Waals surface area contributed by atoms with Gasteiger partial charge in [-0.25, -0.2) is 9.59 Å². The van der Waals surface area contributed by atoms with Crippen LogP contribution in [0.4, 0.5) is 0 Å². The average molecular weight is 434 g/mol. The van der Waals surface area contributed by atoms with E-state index in [9.17, 15) is 9.59 Å². The lowest BCUT2D eigenvalue weighted by molar-refractivity contribution is -0.139. The smallest absolute Gasteiger partial charge is 0.336 e. The summed E-state index contributed by atoms with van der Waals surface area (Å²) in [4.78, 5) is 30.3. The van der Waals surface area contributed by atoms with Crippen LogP contribution in [0.3, 0.4) is 0 Å². The third-order valence-corrected chi connectivity index (χ3v) is 5.98. The van der Waals surface area contributed by atoms with E-state index in [-0.39, 0.29) is 12.6 Å². The molecule has 7 heteroatoms. The van der Waals surface area contributed by atoms with Gasteiger partial charge in [-0.15, -0.1) is 0 Å². The fourth-order valence-corrected chi connectivity index (χ4v) is 4.47. The Labute approximate surface area is 187 Å². The minimum absolute atomic E-state index is 0.151. The molecule has 1 aromatic heterocycles. The molecule has 2 aromatic rings. The number of carbonyl (C=O) groups excluding carboxylic acids is 2. The van der Waals surface area contributed by atoms with Gasteiger partial charge in [-0.05, 0) is 37.1 Å². The lowest BCUT2D eigenvalue weighted by Crippen LogP contribution is -2.32. The normalized spacial score (nSPS) is 20.0. The number of esters is 2. The van der Waals surface area contributed by atoms with Gasteiger partial charge in [-0.3, -0.25) is 4.98 Å². The summed E-state index contributed by atoms with van der Waals surface area (Å²) in [5.41, 5.74) is 5.11. The fourth-order valence-electron chi connectivity index (χ4n) is 4.47. The second kappa shape index (κ2) is 9.36. The molecule has 7 nitrogen and oxygen atoms in total. The molecule has 4 rings (SSSR count). The predicted molar refractivity (Wildman–Crippen MR) is 119 cm³/mol. The SMILES string of the molecule is COC(=O)C1=C(C)NC(C)=C(C(=O)OCCC2NCc3ccccc32)C1c1ccccn1. The minimum atomic E-state index is -0.664. The van der Waals surface area contributed by atoms with E-state index in [0.717, 1.165) is 6.54 Å². The largest absolute Gasteiger partial charge is 0.466 e. The van der Waals surface area contributed by atoms with Gasteiger partial charge in [0.1, 0.15) is 0 Å². The third-order valence-electron chi connectivity index (χ3n) is 5.98. The summed E-state index contributed by atoms with van der Waals surface area (Å²) < 4.78 is 10.7. The molecule has 2 aliphatic rings. The first kappa shape index (κ1) is 21.8. The van der Waals surface area contributed by atoms with Crippen LogP contribution in [-0.4, -0.2) is 30.6 Å². The quantitative estimate of drug-likeness (QED) is 0.676. The van der Waals surface area contributed by atoms with Gasteiger partial charge < -0.3 is 20.1 Å². The number of allylic oxidation sites excluding steroid dienone is 2. The van der Waals surface area contributed by atoms with Gasteiger partial charge in [0.15, 0.2) is 0 Å². The van der Waals surface area contributed by atoms with Gasteiger partial charge >= 0.3 is 11.9 Å². The van der Waals surface area contributed by atoms with E-state index in [1.807, 2.05) is 18.2 Å². The molecule has 2 atom stereocenters. The molecule has 0 saturated carbocycles. The zero-order valence-corrected chi connectivity index (χ0v) is 18.5. The molecule has 0 amide bonds. The number of dihydropyridines is 1. The monoisotopic (exact) mass is 433 g/mol. The zero-order chi connectivity index (χ0) is 22.7. The predicted octanol–water partition coefficient (Wildman–Crippen LogP) is 3.27. The Hall–Kier alpha value is -3.45. The first-order valence-electron chi connectivity index (χ1n) is 10.7. The van der Waals surface area contributed by atoms with Crippen molar-refractivity contribution in [3.8, 4) is 0 Å². The number of carbonyl (C=O) groups is 2. The van der Waals surface area contributed by atoms with Crippen molar-refractivity contribution in [1.29, 1.82) is 0 Å². The minimum Gasteiger partial charge on any atom is -0.466 e. The summed E-state index contributed by atoms with van der Waals surface area (Å²) in [5, 5.41) is 6.60. The van der Waals surface area contributed by atoms with Crippen molar-refractivity contribution in [3.63, 3.8) is 0 Å². The molecule has 2 N–H and O–H groups in total. The van der Waals surface area contributed by atoms with Gasteiger partial charge in [0, 0.05) is 36.6 Å². The fraction of sp³-hybridized carbons (Fsp3) is 0.320. The van der Waals surface area contributed by atoms with Crippen molar-refractivity contribution < 1.29 is 19.1 Å². The Kier molecular flexibility index (Phi) is 6.37. The second-order valence-electron chi connectivity index (χ2n) is 7.94. The van der Waals surface area contributed by atoms with E-state index in [4.69, 9.17) is 9.47 Å². The molecule has 32 heavy (non-hydrogen) atoms. The highest BCUT2D eigenvalue weighted by molar-refractivity contribution is 5.99. The number of fused-ring (bicyclic) bond motifs is 1. The maximum Gasteiger partial charge on any atom is 0.336 e. The van der Waals surface area contributed by atoms with Crippen LogP contribution in [0.1, 0.15) is 49.0 Å². The van der Waals surface area contributed by atoms with E-state index in [1.54, 1.807) is 32.2 Å². The van der Waals surface area contributed by atoms with E-state index >= 15 is 0 Å². The van der Waals surface area contributed by atoms with Crippen LogP contribution in [0.25, 0.3) is 0 Å². The number of benzene rings is 1. The summed E-state index contributed by atoms with van der Waals surface area (Å²) in [5.74, 6) is -1.64. The molecule has 0 radical (unpaired) electrons. The van der Waals surface area contributed by atoms with Crippen LogP contribution in [0.15, 0.2) is 71.2 Å². The van der Waals surface area contributed by atoms with Crippen molar-refractivity contribution in [2.24, 2.45) is 0 Å². The summed E-state index contributed by atoms with van der Waals surface area (Å²) in [6.45, 7) is 4.67.